The molecule has 9 heteroatoms. The van der Waals surface area contributed by atoms with Gasteiger partial charge in [-0.3, -0.25) is 9.36 Å². The second kappa shape index (κ2) is 9.63. The molecule has 0 unspecified atom stereocenters. The minimum Gasteiger partial charge on any atom is -0.464 e. The summed E-state index contributed by atoms with van der Waals surface area (Å²) in [6.45, 7) is 5.50. The molecular weight excluding hydrogens is 491 g/mol. The smallest absolute Gasteiger partial charge is 0.262 e. The highest BCUT2D eigenvalue weighted by molar-refractivity contribution is 7.18. The molecule has 5 heterocycles. The van der Waals surface area contributed by atoms with Crippen LogP contribution in [0.3, 0.4) is 0 Å². The molecule has 0 saturated carbocycles. The van der Waals surface area contributed by atoms with Crippen molar-refractivity contribution in [1.29, 1.82) is 0 Å². The fourth-order valence-corrected chi connectivity index (χ4v) is 6.79. The van der Waals surface area contributed by atoms with Gasteiger partial charge in [0.25, 0.3) is 5.56 Å². The Morgan fingerprint density at radius 3 is 2.85 bits per heavy atom. The Bertz CT molecular complexity index is 1390. The van der Waals surface area contributed by atoms with Crippen LogP contribution in [0.5, 0.6) is 0 Å². The van der Waals surface area contributed by atoms with Crippen LogP contribution in [0.1, 0.15) is 34.8 Å². The highest BCUT2D eigenvalue weighted by Gasteiger charge is 2.25. The lowest BCUT2D eigenvalue weighted by Crippen LogP contribution is -2.36. The third-order valence-electron chi connectivity index (χ3n) is 7.27. The summed E-state index contributed by atoms with van der Waals surface area (Å²) in [5, 5.41) is 2.74. The van der Waals surface area contributed by atoms with Crippen molar-refractivity contribution in [2.75, 3.05) is 33.2 Å². The number of hydrogen-bond donors (Lipinski definition) is 0. The first-order chi connectivity index (χ1) is 16.1. The highest BCUT2D eigenvalue weighted by atomic mass is 35.5. The van der Waals surface area contributed by atoms with E-state index >= 15 is 0 Å². The van der Waals surface area contributed by atoms with Crippen molar-refractivity contribution in [2.45, 2.75) is 38.3 Å². The lowest BCUT2D eigenvalue weighted by molar-refractivity contribution is 0.204. The molecule has 0 atom stereocenters. The molecule has 34 heavy (non-hydrogen) atoms. The van der Waals surface area contributed by atoms with Crippen LogP contribution in [-0.4, -0.2) is 52.6 Å². The van der Waals surface area contributed by atoms with Crippen LogP contribution in [0.2, 0.25) is 5.02 Å². The van der Waals surface area contributed by atoms with E-state index in [9.17, 15) is 4.79 Å². The molecule has 6 nitrogen and oxygen atoms in total. The molecule has 1 saturated heterocycles. The van der Waals surface area contributed by atoms with Crippen molar-refractivity contribution in [1.82, 2.24) is 19.4 Å². The van der Waals surface area contributed by atoms with Crippen LogP contribution in [0.15, 0.2) is 40.0 Å². The molecule has 1 fully saturated rings. The maximum absolute atomic E-state index is 13.3. The van der Waals surface area contributed by atoms with Crippen molar-refractivity contribution in [3.05, 3.63) is 62.2 Å². The molecule has 0 amide bonds. The summed E-state index contributed by atoms with van der Waals surface area (Å²) in [6, 6.07) is 5.83. The van der Waals surface area contributed by atoms with Gasteiger partial charge in [-0.15, -0.1) is 23.7 Å². The summed E-state index contributed by atoms with van der Waals surface area (Å²) in [5.74, 6) is 0.483. The van der Waals surface area contributed by atoms with Gasteiger partial charge in [0, 0.05) is 47.0 Å². The SMILES string of the molecule is CN1CCc2c(sc3ncn(CCN4CCC(c5coc6ccc(Cl)cc56)CC4)c(=O)c23)C1.Cl. The van der Waals surface area contributed by atoms with Gasteiger partial charge in [-0.05, 0) is 69.1 Å². The molecule has 3 aromatic heterocycles. The Balaban J connectivity index is 0.00000241. The largest absolute Gasteiger partial charge is 0.464 e. The van der Waals surface area contributed by atoms with E-state index in [0.717, 1.165) is 78.2 Å². The molecule has 0 radical (unpaired) electrons. The Hall–Kier alpha value is -1.90. The molecule has 0 bridgehead atoms. The molecule has 6 rings (SSSR count). The van der Waals surface area contributed by atoms with E-state index < -0.39 is 0 Å². The summed E-state index contributed by atoms with van der Waals surface area (Å²) >= 11 is 7.89. The predicted octanol–water partition coefficient (Wildman–Crippen LogP) is 5.15. The van der Waals surface area contributed by atoms with E-state index in [1.165, 1.54) is 16.0 Å². The number of rotatable bonds is 4. The number of fused-ring (bicyclic) bond motifs is 4. The van der Waals surface area contributed by atoms with Crippen molar-refractivity contribution in [2.24, 2.45) is 0 Å². The van der Waals surface area contributed by atoms with Gasteiger partial charge in [-0.25, -0.2) is 4.98 Å². The van der Waals surface area contributed by atoms with Crippen molar-refractivity contribution >= 4 is 56.5 Å². The molecule has 4 aromatic rings. The van der Waals surface area contributed by atoms with E-state index in [0.29, 0.717) is 12.5 Å². The average molecular weight is 519 g/mol. The first kappa shape index (κ1) is 23.8. The standard InChI is InChI=1S/C25H27ClN4O2S.ClH/c1-28-7-6-18-22(13-28)33-24-23(18)25(31)30(15-27-24)11-10-29-8-4-16(5-9-29)20-14-32-21-3-2-17(26)12-19(20)21;/h2-3,12,14-16H,4-11,13H2,1H3;1H. The van der Waals surface area contributed by atoms with Crippen molar-refractivity contribution < 1.29 is 4.42 Å². The number of halogens is 2. The van der Waals surface area contributed by atoms with Crippen LogP contribution >= 0.6 is 35.3 Å². The summed E-state index contributed by atoms with van der Waals surface area (Å²) in [5.41, 5.74) is 3.53. The lowest BCUT2D eigenvalue weighted by Gasteiger charge is -2.31. The molecule has 2 aliphatic rings. The van der Waals surface area contributed by atoms with Gasteiger partial charge in [-0.1, -0.05) is 11.6 Å². The number of likely N-dealkylation sites (N-methyl/N-ethyl adjacent to an activating group) is 1. The Kier molecular flexibility index (Phi) is 6.75. The van der Waals surface area contributed by atoms with E-state index in [4.69, 9.17) is 16.0 Å². The van der Waals surface area contributed by atoms with Crippen molar-refractivity contribution in [3.8, 4) is 0 Å². The number of likely N-dealkylation sites (tertiary alicyclic amines) is 1. The third kappa shape index (κ3) is 4.29. The molecule has 2 aliphatic heterocycles. The third-order valence-corrected chi connectivity index (χ3v) is 8.63. The first-order valence-corrected chi connectivity index (χ1v) is 12.8. The molecule has 0 spiro atoms. The van der Waals surface area contributed by atoms with E-state index in [1.807, 2.05) is 29.0 Å². The van der Waals surface area contributed by atoms with Gasteiger partial charge in [0.2, 0.25) is 0 Å². The second-order valence-electron chi connectivity index (χ2n) is 9.36. The number of piperidine rings is 1. The molecule has 0 aliphatic carbocycles. The number of hydrogen-bond acceptors (Lipinski definition) is 6. The molecule has 1 aromatic carbocycles. The van der Waals surface area contributed by atoms with Gasteiger partial charge >= 0.3 is 0 Å². The Morgan fingerprint density at radius 1 is 1.21 bits per heavy atom. The first-order valence-electron chi connectivity index (χ1n) is 11.6. The predicted molar refractivity (Wildman–Crippen MR) is 141 cm³/mol. The average Bonchev–Trinajstić information content (AvgIpc) is 3.40. The van der Waals surface area contributed by atoms with Gasteiger partial charge in [0.05, 0.1) is 18.0 Å². The minimum atomic E-state index is 0. The van der Waals surface area contributed by atoms with Crippen LogP contribution in [-0.2, 0) is 19.5 Å². The van der Waals surface area contributed by atoms with Crippen LogP contribution < -0.4 is 5.56 Å². The Morgan fingerprint density at radius 2 is 2.03 bits per heavy atom. The summed E-state index contributed by atoms with van der Waals surface area (Å²) in [4.78, 5) is 24.9. The molecule has 180 valence electrons. The maximum Gasteiger partial charge on any atom is 0.262 e. The number of thiophene rings is 1. The number of furan rings is 1. The van der Waals surface area contributed by atoms with Gasteiger partial charge in [0.1, 0.15) is 10.4 Å². The summed E-state index contributed by atoms with van der Waals surface area (Å²) in [7, 11) is 2.13. The number of nitrogens with zero attached hydrogens (tertiary/aromatic N) is 4. The van der Waals surface area contributed by atoms with Crippen molar-refractivity contribution in [3.63, 3.8) is 0 Å². The van der Waals surface area contributed by atoms with Crippen LogP contribution in [0.4, 0.5) is 0 Å². The van der Waals surface area contributed by atoms with Gasteiger partial charge in [0.15, 0.2) is 0 Å². The fraction of sp³-hybridized carbons (Fsp3) is 0.440. The topological polar surface area (TPSA) is 54.5 Å². The number of benzene rings is 1. The quantitative estimate of drug-likeness (QED) is 0.374. The van der Waals surface area contributed by atoms with Gasteiger partial charge in [-0.2, -0.15) is 0 Å². The van der Waals surface area contributed by atoms with Crippen LogP contribution in [0.25, 0.3) is 21.2 Å². The minimum absolute atomic E-state index is 0. The zero-order chi connectivity index (χ0) is 22.5. The van der Waals surface area contributed by atoms with E-state index in [2.05, 4.69) is 21.8 Å². The highest BCUT2D eigenvalue weighted by Crippen LogP contribution is 2.35. The molecular formula is C25H28Cl2N4O2S. The fourth-order valence-electron chi connectivity index (χ4n) is 5.36. The normalized spacial score (nSPS) is 17.8. The monoisotopic (exact) mass is 518 g/mol. The lowest BCUT2D eigenvalue weighted by atomic mass is 9.89. The van der Waals surface area contributed by atoms with Gasteiger partial charge < -0.3 is 14.2 Å². The molecule has 0 N–H and O–H groups in total. The summed E-state index contributed by atoms with van der Waals surface area (Å²) in [6.07, 6.45) is 6.75. The number of aromatic nitrogens is 2. The maximum atomic E-state index is 13.3. The Labute approximate surface area is 213 Å². The zero-order valence-corrected chi connectivity index (χ0v) is 21.5. The van der Waals surface area contributed by atoms with E-state index in [-0.39, 0.29) is 18.0 Å². The summed E-state index contributed by atoms with van der Waals surface area (Å²) < 4.78 is 7.57. The van der Waals surface area contributed by atoms with Crippen LogP contribution in [0, 0.1) is 0 Å². The van der Waals surface area contributed by atoms with E-state index in [1.54, 1.807) is 17.7 Å². The second-order valence-corrected chi connectivity index (χ2v) is 10.9. The zero-order valence-electron chi connectivity index (χ0n) is 19.1.